The first-order valence-corrected chi connectivity index (χ1v) is 5.59. The molecule has 0 saturated carbocycles. The monoisotopic (exact) mass is 250 g/mol. The number of anilines is 1. The first kappa shape index (κ1) is 14.0. The highest BCUT2D eigenvalue weighted by atomic mass is 16.2. The molecule has 0 atom stereocenters. The minimum absolute atomic E-state index is 0.0928. The fourth-order valence-electron chi connectivity index (χ4n) is 1.33. The van der Waals surface area contributed by atoms with Gasteiger partial charge in [-0.25, -0.2) is 4.98 Å². The highest BCUT2D eigenvalue weighted by molar-refractivity contribution is 5.99. The summed E-state index contributed by atoms with van der Waals surface area (Å²) < 4.78 is 0. The maximum absolute atomic E-state index is 11.7. The summed E-state index contributed by atoms with van der Waals surface area (Å²) in [5.74, 6) is -0.519. The van der Waals surface area contributed by atoms with Crippen LogP contribution in [0.1, 0.15) is 31.1 Å². The fraction of sp³-hybridized carbons (Fsp3) is 0.417. The van der Waals surface area contributed by atoms with Gasteiger partial charge < -0.3 is 16.4 Å². The standard InChI is InChI=1S/C12H18N4O2/c1-12(2,3)16-9(17)7-15-11(18)8-5-4-6-14-10(8)13/h4-6H,7H2,1-3H3,(H2,13,14)(H,15,18)(H,16,17). The van der Waals surface area contributed by atoms with E-state index in [1.807, 2.05) is 20.8 Å². The Balaban J connectivity index is 2.52. The number of aromatic nitrogens is 1. The molecule has 0 aliphatic heterocycles. The van der Waals surface area contributed by atoms with Crippen LogP contribution in [0.15, 0.2) is 18.3 Å². The van der Waals surface area contributed by atoms with E-state index in [2.05, 4.69) is 15.6 Å². The molecule has 0 aliphatic carbocycles. The van der Waals surface area contributed by atoms with Gasteiger partial charge in [-0.3, -0.25) is 9.59 Å². The third-order valence-corrected chi connectivity index (χ3v) is 2.01. The Kier molecular flexibility index (Phi) is 4.25. The lowest BCUT2D eigenvalue weighted by Crippen LogP contribution is -2.45. The van der Waals surface area contributed by atoms with Crippen molar-refractivity contribution in [2.24, 2.45) is 0 Å². The number of nitrogen functional groups attached to an aromatic ring is 1. The number of amides is 2. The second kappa shape index (κ2) is 5.48. The summed E-state index contributed by atoms with van der Waals surface area (Å²) in [6, 6.07) is 3.17. The van der Waals surface area contributed by atoms with Crippen LogP contribution in [-0.2, 0) is 4.79 Å². The van der Waals surface area contributed by atoms with E-state index in [-0.39, 0.29) is 29.4 Å². The van der Waals surface area contributed by atoms with Gasteiger partial charge in [0.2, 0.25) is 5.91 Å². The number of rotatable bonds is 3. The van der Waals surface area contributed by atoms with Crippen LogP contribution in [-0.4, -0.2) is 28.9 Å². The van der Waals surface area contributed by atoms with Gasteiger partial charge in [-0.1, -0.05) is 0 Å². The lowest BCUT2D eigenvalue weighted by molar-refractivity contribution is -0.121. The minimum atomic E-state index is -0.412. The summed E-state index contributed by atoms with van der Waals surface area (Å²) in [6.07, 6.45) is 1.50. The Morgan fingerprint density at radius 2 is 2.06 bits per heavy atom. The number of nitrogens with zero attached hydrogens (tertiary/aromatic N) is 1. The number of carbonyl (C=O) groups is 2. The van der Waals surface area contributed by atoms with Crippen molar-refractivity contribution in [3.8, 4) is 0 Å². The topological polar surface area (TPSA) is 97.1 Å². The number of hydrogen-bond donors (Lipinski definition) is 3. The zero-order valence-electron chi connectivity index (χ0n) is 10.8. The summed E-state index contributed by atoms with van der Waals surface area (Å²) in [6.45, 7) is 5.51. The molecule has 2 amide bonds. The fourth-order valence-corrected chi connectivity index (χ4v) is 1.33. The molecule has 1 aromatic rings. The average molecular weight is 250 g/mol. The van der Waals surface area contributed by atoms with Gasteiger partial charge in [0.15, 0.2) is 0 Å². The first-order chi connectivity index (χ1) is 8.29. The zero-order valence-corrected chi connectivity index (χ0v) is 10.8. The Labute approximate surface area is 106 Å². The highest BCUT2D eigenvalue weighted by Gasteiger charge is 2.15. The zero-order chi connectivity index (χ0) is 13.8. The molecule has 6 heteroatoms. The van der Waals surface area contributed by atoms with Crippen molar-refractivity contribution in [3.05, 3.63) is 23.9 Å². The van der Waals surface area contributed by atoms with Crippen LogP contribution in [0.5, 0.6) is 0 Å². The van der Waals surface area contributed by atoms with Gasteiger partial charge in [-0.15, -0.1) is 0 Å². The van der Waals surface area contributed by atoms with E-state index < -0.39 is 5.91 Å². The molecule has 0 fully saturated rings. The van der Waals surface area contributed by atoms with Crippen molar-refractivity contribution < 1.29 is 9.59 Å². The SMILES string of the molecule is CC(C)(C)NC(=O)CNC(=O)c1cccnc1N. The van der Waals surface area contributed by atoms with Crippen LogP contribution in [0, 0.1) is 0 Å². The number of nitrogens with two attached hydrogens (primary N) is 1. The van der Waals surface area contributed by atoms with Crippen molar-refractivity contribution in [2.45, 2.75) is 26.3 Å². The van der Waals surface area contributed by atoms with Gasteiger partial charge in [0.25, 0.3) is 5.91 Å². The van der Waals surface area contributed by atoms with E-state index in [0.717, 1.165) is 0 Å². The van der Waals surface area contributed by atoms with E-state index in [9.17, 15) is 9.59 Å². The Bertz CT molecular complexity index is 452. The van der Waals surface area contributed by atoms with Gasteiger partial charge in [-0.05, 0) is 32.9 Å². The minimum Gasteiger partial charge on any atom is -0.383 e. The van der Waals surface area contributed by atoms with Crippen LogP contribution in [0.2, 0.25) is 0 Å². The summed E-state index contributed by atoms with van der Waals surface area (Å²) in [4.78, 5) is 27.0. The predicted octanol–water partition coefficient (Wildman–Crippen LogP) is 0.308. The molecule has 4 N–H and O–H groups in total. The van der Waals surface area contributed by atoms with Crippen molar-refractivity contribution in [1.29, 1.82) is 0 Å². The molecule has 1 aromatic heterocycles. The first-order valence-electron chi connectivity index (χ1n) is 5.59. The summed E-state index contributed by atoms with van der Waals surface area (Å²) in [5.41, 5.74) is 5.50. The Morgan fingerprint density at radius 3 is 2.61 bits per heavy atom. The van der Waals surface area contributed by atoms with Gasteiger partial charge in [0.1, 0.15) is 5.82 Å². The summed E-state index contributed by atoms with van der Waals surface area (Å²) in [7, 11) is 0. The second-order valence-electron chi connectivity index (χ2n) is 4.92. The van der Waals surface area contributed by atoms with Gasteiger partial charge in [0.05, 0.1) is 12.1 Å². The molecule has 0 aliphatic rings. The molecule has 0 unspecified atom stereocenters. The smallest absolute Gasteiger partial charge is 0.255 e. The van der Waals surface area contributed by atoms with Crippen molar-refractivity contribution in [2.75, 3.05) is 12.3 Å². The predicted molar refractivity (Wildman–Crippen MR) is 68.9 cm³/mol. The molecule has 0 saturated heterocycles. The van der Waals surface area contributed by atoms with E-state index in [1.165, 1.54) is 6.20 Å². The van der Waals surface area contributed by atoms with Crippen LogP contribution < -0.4 is 16.4 Å². The van der Waals surface area contributed by atoms with Gasteiger partial charge in [-0.2, -0.15) is 0 Å². The molecule has 6 nitrogen and oxygen atoms in total. The largest absolute Gasteiger partial charge is 0.383 e. The van der Waals surface area contributed by atoms with Crippen LogP contribution in [0.25, 0.3) is 0 Å². The third-order valence-electron chi connectivity index (χ3n) is 2.01. The molecule has 18 heavy (non-hydrogen) atoms. The van der Waals surface area contributed by atoms with E-state index in [0.29, 0.717) is 0 Å². The molecule has 0 bridgehead atoms. The van der Waals surface area contributed by atoms with Crippen LogP contribution >= 0.6 is 0 Å². The Hall–Kier alpha value is -2.11. The maximum atomic E-state index is 11.7. The molecule has 0 radical (unpaired) electrons. The van der Waals surface area contributed by atoms with Crippen LogP contribution in [0.3, 0.4) is 0 Å². The summed E-state index contributed by atoms with van der Waals surface area (Å²) >= 11 is 0. The second-order valence-corrected chi connectivity index (χ2v) is 4.92. The van der Waals surface area contributed by atoms with Crippen molar-refractivity contribution in [3.63, 3.8) is 0 Å². The number of nitrogens with one attached hydrogen (secondary N) is 2. The highest BCUT2D eigenvalue weighted by Crippen LogP contribution is 2.05. The van der Waals surface area contributed by atoms with E-state index in [1.54, 1.807) is 12.1 Å². The van der Waals surface area contributed by atoms with Crippen LogP contribution in [0.4, 0.5) is 5.82 Å². The van der Waals surface area contributed by atoms with E-state index in [4.69, 9.17) is 5.73 Å². The van der Waals surface area contributed by atoms with Gasteiger partial charge in [0, 0.05) is 11.7 Å². The number of carbonyl (C=O) groups excluding carboxylic acids is 2. The van der Waals surface area contributed by atoms with Gasteiger partial charge >= 0.3 is 0 Å². The molecular formula is C12H18N4O2. The average Bonchev–Trinajstić information content (AvgIpc) is 2.24. The summed E-state index contributed by atoms with van der Waals surface area (Å²) in [5, 5.41) is 5.23. The normalized spacial score (nSPS) is 10.8. The molecule has 0 aromatic carbocycles. The molecule has 98 valence electrons. The van der Waals surface area contributed by atoms with E-state index >= 15 is 0 Å². The number of pyridine rings is 1. The molecule has 1 rings (SSSR count). The lowest BCUT2D eigenvalue weighted by Gasteiger charge is -2.20. The number of hydrogen-bond acceptors (Lipinski definition) is 4. The van der Waals surface area contributed by atoms with Crippen molar-refractivity contribution in [1.82, 2.24) is 15.6 Å². The Morgan fingerprint density at radius 1 is 1.39 bits per heavy atom. The molecule has 0 spiro atoms. The third kappa shape index (κ3) is 4.40. The molecule has 1 heterocycles. The molecular weight excluding hydrogens is 232 g/mol. The lowest BCUT2D eigenvalue weighted by atomic mass is 10.1. The maximum Gasteiger partial charge on any atom is 0.255 e. The van der Waals surface area contributed by atoms with Crippen molar-refractivity contribution >= 4 is 17.6 Å². The quantitative estimate of drug-likeness (QED) is 0.719.